The van der Waals surface area contributed by atoms with Crippen LogP contribution in [0.2, 0.25) is 0 Å². The quantitative estimate of drug-likeness (QED) is 0.399. The average Bonchev–Trinajstić information content (AvgIpc) is 2.45. The lowest BCUT2D eigenvalue weighted by molar-refractivity contribution is -0.384. The second-order valence-corrected chi connectivity index (χ2v) is 6.64. The first-order chi connectivity index (χ1) is 9.69. The van der Waals surface area contributed by atoms with Crippen LogP contribution in [0.5, 0.6) is 0 Å². The van der Waals surface area contributed by atoms with Crippen molar-refractivity contribution in [2.45, 2.75) is 44.0 Å². The third-order valence-electron chi connectivity index (χ3n) is 3.57. The first-order valence-electron chi connectivity index (χ1n) is 6.48. The van der Waals surface area contributed by atoms with E-state index < -0.39 is 20.5 Å². The number of nitrogens with two attached hydrogens (primary N) is 1. The fourth-order valence-corrected chi connectivity index (χ4v) is 3.31. The molecule has 1 aromatic rings. The van der Waals surface area contributed by atoms with Gasteiger partial charge >= 0.3 is 0 Å². The smallest absolute Gasteiger partial charge is 0.293 e. The van der Waals surface area contributed by atoms with Gasteiger partial charge in [-0.2, -0.15) is 0 Å². The minimum absolute atomic E-state index is 0.0578. The van der Waals surface area contributed by atoms with Gasteiger partial charge in [-0.15, -0.1) is 0 Å². The van der Waals surface area contributed by atoms with Crippen molar-refractivity contribution < 1.29 is 13.3 Å². The van der Waals surface area contributed by atoms with Crippen LogP contribution in [0.25, 0.3) is 0 Å². The number of nitrogen functional groups attached to an aromatic ring is 1. The largest absolute Gasteiger partial charge is 0.318 e. The summed E-state index contributed by atoms with van der Waals surface area (Å²) in [5.74, 6) is 5.21. The van der Waals surface area contributed by atoms with E-state index in [9.17, 15) is 18.5 Å². The zero-order chi connectivity index (χ0) is 16.3. The third kappa shape index (κ3) is 3.90. The summed E-state index contributed by atoms with van der Waals surface area (Å²) in [4.78, 5) is 10.1. The molecule has 0 atom stereocenters. The van der Waals surface area contributed by atoms with Crippen LogP contribution < -0.4 is 16.0 Å². The topological polar surface area (TPSA) is 127 Å². The Morgan fingerprint density at radius 2 is 1.90 bits per heavy atom. The Hall–Kier alpha value is -1.71. The normalized spacial score (nSPS) is 12.2. The number of hydrogen-bond acceptors (Lipinski definition) is 6. The number of nitrogens with one attached hydrogen (secondary N) is 2. The number of nitrogens with zero attached hydrogens (tertiary/aromatic N) is 1. The highest BCUT2D eigenvalue weighted by atomic mass is 32.2. The van der Waals surface area contributed by atoms with Crippen molar-refractivity contribution in [1.82, 2.24) is 4.72 Å². The van der Waals surface area contributed by atoms with Crippen molar-refractivity contribution in [2.75, 3.05) is 5.43 Å². The number of nitro groups is 1. The molecule has 1 rings (SSSR count). The van der Waals surface area contributed by atoms with Gasteiger partial charge in [-0.1, -0.05) is 13.8 Å². The van der Waals surface area contributed by atoms with Crippen molar-refractivity contribution in [3.05, 3.63) is 28.3 Å². The van der Waals surface area contributed by atoms with Gasteiger partial charge in [-0.3, -0.25) is 16.0 Å². The second kappa shape index (κ2) is 6.37. The molecule has 0 aliphatic heterocycles. The fraction of sp³-hybridized carbons (Fsp3) is 0.500. The van der Waals surface area contributed by atoms with Gasteiger partial charge in [0.1, 0.15) is 5.69 Å². The molecule has 0 bridgehead atoms. The zero-order valence-corrected chi connectivity index (χ0v) is 13.0. The molecule has 0 amide bonds. The number of sulfonamides is 1. The molecule has 0 aromatic heterocycles. The highest BCUT2D eigenvalue weighted by Crippen LogP contribution is 2.27. The van der Waals surface area contributed by atoms with Crippen molar-refractivity contribution in [1.29, 1.82) is 0 Å². The molecule has 9 heteroatoms. The van der Waals surface area contributed by atoms with Crippen molar-refractivity contribution >= 4 is 21.4 Å². The number of nitro benzene ring substituents is 1. The molecular formula is C12H20N4O4S. The van der Waals surface area contributed by atoms with E-state index in [-0.39, 0.29) is 16.3 Å². The molecule has 21 heavy (non-hydrogen) atoms. The Kier molecular flexibility index (Phi) is 5.26. The third-order valence-corrected chi connectivity index (χ3v) is 5.21. The van der Waals surface area contributed by atoms with Crippen LogP contribution in [0.4, 0.5) is 11.4 Å². The highest BCUT2D eigenvalue weighted by molar-refractivity contribution is 7.89. The van der Waals surface area contributed by atoms with E-state index >= 15 is 0 Å². The van der Waals surface area contributed by atoms with Gasteiger partial charge < -0.3 is 5.43 Å². The molecule has 0 saturated carbocycles. The molecule has 0 saturated heterocycles. The Balaban J connectivity index is 3.24. The summed E-state index contributed by atoms with van der Waals surface area (Å²) in [6, 6.07) is 3.44. The van der Waals surface area contributed by atoms with Crippen molar-refractivity contribution in [3.8, 4) is 0 Å². The van der Waals surface area contributed by atoms with Crippen LogP contribution >= 0.6 is 0 Å². The molecular weight excluding hydrogens is 296 g/mol. The van der Waals surface area contributed by atoms with Gasteiger partial charge in [-0.25, -0.2) is 13.1 Å². The van der Waals surface area contributed by atoms with Gasteiger partial charge in [0.2, 0.25) is 10.0 Å². The standard InChI is InChI=1S/C12H20N4O4S/c1-4-12(3,5-2)15-21(19,20)9-6-7-11(16(17)18)10(8-9)14-13/h6-8,14-15H,4-5,13H2,1-3H3. The van der Waals surface area contributed by atoms with Crippen molar-refractivity contribution in [2.24, 2.45) is 5.84 Å². The lowest BCUT2D eigenvalue weighted by atomic mass is 9.98. The lowest BCUT2D eigenvalue weighted by Crippen LogP contribution is -2.44. The number of anilines is 1. The first-order valence-corrected chi connectivity index (χ1v) is 7.96. The number of benzene rings is 1. The van der Waals surface area contributed by atoms with Gasteiger partial charge in [0.05, 0.1) is 9.82 Å². The van der Waals surface area contributed by atoms with E-state index in [0.29, 0.717) is 12.8 Å². The molecule has 1 aromatic carbocycles. The predicted octanol–water partition coefficient (Wildman–Crippen LogP) is 1.74. The summed E-state index contributed by atoms with van der Waals surface area (Å²) in [7, 11) is -3.79. The van der Waals surface area contributed by atoms with E-state index in [2.05, 4.69) is 10.1 Å². The first kappa shape index (κ1) is 17.3. The van der Waals surface area contributed by atoms with Gasteiger partial charge in [0.25, 0.3) is 5.69 Å². The van der Waals surface area contributed by atoms with Crippen LogP contribution in [0.1, 0.15) is 33.6 Å². The van der Waals surface area contributed by atoms with Gasteiger partial charge in [0.15, 0.2) is 0 Å². The molecule has 4 N–H and O–H groups in total. The Labute approximate surface area is 123 Å². The summed E-state index contributed by atoms with van der Waals surface area (Å²) in [6.45, 7) is 5.57. The molecule has 118 valence electrons. The monoisotopic (exact) mass is 316 g/mol. The molecule has 0 unspecified atom stereocenters. The fourth-order valence-electron chi connectivity index (χ4n) is 1.73. The predicted molar refractivity (Wildman–Crippen MR) is 80.2 cm³/mol. The second-order valence-electron chi connectivity index (χ2n) is 4.95. The Morgan fingerprint density at radius 1 is 1.33 bits per heavy atom. The molecule has 0 aliphatic rings. The van der Waals surface area contributed by atoms with Crippen LogP contribution in [-0.2, 0) is 10.0 Å². The van der Waals surface area contributed by atoms with Crippen LogP contribution in [0, 0.1) is 10.1 Å². The maximum Gasteiger partial charge on any atom is 0.293 e. The average molecular weight is 316 g/mol. The lowest BCUT2D eigenvalue weighted by Gasteiger charge is -2.27. The Bertz CT molecular complexity index is 626. The maximum atomic E-state index is 12.4. The zero-order valence-electron chi connectivity index (χ0n) is 12.2. The van der Waals surface area contributed by atoms with E-state index in [0.717, 1.165) is 12.1 Å². The van der Waals surface area contributed by atoms with Crippen molar-refractivity contribution in [3.63, 3.8) is 0 Å². The number of hydrogen-bond donors (Lipinski definition) is 3. The van der Waals surface area contributed by atoms with E-state index in [4.69, 9.17) is 5.84 Å². The molecule has 0 radical (unpaired) electrons. The summed E-state index contributed by atoms with van der Waals surface area (Å²) in [6.07, 6.45) is 1.25. The molecule has 8 nitrogen and oxygen atoms in total. The molecule has 0 heterocycles. The summed E-state index contributed by atoms with van der Waals surface area (Å²) in [5.41, 5.74) is 1.23. The molecule has 0 aliphatic carbocycles. The maximum absolute atomic E-state index is 12.4. The van der Waals surface area contributed by atoms with E-state index in [1.54, 1.807) is 6.92 Å². The summed E-state index contributed by atoms with van der Waals surface area (Å²) in [5, 5.41) is 10.8. The summed E-state index contributed by atoms with van der Waals surface area (Å²) < 4.78 is 27.3. The van der Waals surface area contributed by atoms with Crippen LogP contribution in [0.3, 0.4) is 0 Å². The van der Waals surface area contributed by atoms with Crippen LogP contribution in [-0.4, -0.2) is 18.9 Å². The van der Waals surface area contributed by atoms with E-state index in [1.165, 1.54) is 6.07 Å². The Morgan fingerprint density at radius 3 is 2.33 bits per heavy atom. The van der Waals surface area contributed by atoms with Crippen LogP contribution in [0.15, 0.2) is 23.1 Å². The summed E-state index contributed by atoms with van der Waals surface area (Å²) >= 11 is 0. The van der Waals surface area contributed by atoms with Gasteiger partial charge in [-0.05, 0) is 31.9 Å². The van der Waals surface area contributed by atoms with Gasteiger partial charge in [0, 0.05) is 11.6 Å². The minimum Gasteiger partial charge on any atom is -0.318 e. The van der Waals surface area contributed by atoms with E-state index in [1.807, 2.05) is 13.8 Å². The highest BCUT2D eigenvalue weighted by Gasteiger charge is 2.28. The molecule has 0 spiro atoms. The minimum atomic E-state index is -3.79. The number of hydrazine groups is 1. The SMILES string of the molecule is CCC(C)(CC)NS(=O)(=O)c1ccc([N+](=O)[O-])c(NN)c1. The molecule has 0 fully saturated rings. The number of rotatable bonds is 7.